The van der Waals surface area contributed by atoms with Gasteiger partial charge in [-0.2, -0.15) is 0 Å². The molecule has 1 unspecified atom stereocenters. The quantitative estimate of drug-likeness (QED) is 0.878. The van der Waals surface area contributed by atoms with Gasteiger partial charge in [0.25, 0.3) is 0 Å². The summed E-state index contributed by atoms with van der Waals surface area (Å²) in [6, 6.07) is 9.58. The van der Waals surface area contributed by atoms with Crippen LogP contribution in [0.1, 0.15) is 31.9 Å². The van der Waals surface area contributed by atoms with Crippen LogP contribution in [0.25, 0.3) is 10.9 Å². The molecule has 3 rings (SSSR count). The maximum absolute atomic E-state index is 3.46. The second-order valence-electron chi connectivity index (χ2n) is 5.94. The third-order valence-corrected chi connectivity index (χ3v) is 4.65. The molecule has 0 aliphatic carbocycles. The topological polar surface area (TPSA) is 31.1 Å². The molecule has 5 heteroatoms. The molecule has 0 spiro atoms. The lowest BCUT2D eigenvalue weighted by Crippen LogP contribution is -2.46. The van der Waals surface area contributed by atoms with E-state index in [0.29, 0.717) is 12.0 Å². The summed E-state index contributed by atoms with van der Waals surface area (Å²) in [4.78, 5) is 5.99. The summed E-state index contributed by atoms with van der Waals surface area (Å²) in [5.41, 5.74) is 2.71. The van der Waals surface area contributed by atoms with Crippen LogP contribution in [0.15, 0.2) is 30.5 Å². The van der Waals surface area contributed by atoms with Crippen LogP contribution in [0.3, 0.4) is 0 Å². The predicted octanol–water partition coefficient (Wildman–Crippen LogP) is 4.00. The van der Waals surface area contributed by atoms with Crippen molar-refractivity contribution in [3.63, 3.8) is 0 Å². The third-order valence-electron chi connectivity index (χ3n) is 4.65. The van der Waals surface area contributed by atoms with Crippen LogP contribution in [0.2, 0.25) is 0 Å². The van der Waals surface area contributed by atoms with Crippen molar-refractivity contribution in [3.8, 4) is 0 Å². The number of aromatic nitrogens is 1. The number of rotatable bonds is 4. The fourth-order valence-electron chi connectivity index (χ4n) is 3.33. The number of H-pyrrole nitrogens is 1. The van der Waals surface area contributed by atoms with Crippen LogP contribution in [0.5, 0.6) is 0 Å². The minimum Gasteiger partial charge on any atom is -0.361 e. The molecule has 124 valence electrons. The summed E-state index contributed by atoms with van der Waals surface area (Å²) in [5, 5.41) is 4.76. The summed E-state index contributed by atoms with van der Waals surface area (Å²) in [7, 11) is 0. The average Bonchev–Trinajstić information content (AvgIpc) is 2.96. The molecule has 2 heterocycles. The van der Waals surface area contributed by atoms with Gasteiger partial charge >= 0.3 is 0 Å². The number of nitrogens with zero attached hydrogens (tertiary/aromatic N) is 1. The normalized spacial score (nSPS) is 18.3. The fourth-order valence-corrected chi connectivity index (χ4v) is 3.33. The zero-order valence-electron chi connectivity index (χ0n) is 13.3. The lowest BCUT2D eigenvalue weighted by Gasteiger charge is -2.38. The molecular formula is C17H27Cl2N3. The summed E-state index contributed by atoms with van der Waals surface area (Å²) in [6.07, 6.45) is 3.24. The first-order chi connectivity index (χ1) is 9.79. The maximum atomic E-state index is 3.46. The third kappa shape index (κ3) is 3.96. The molecule has 1 saturated heterocycles. The van der Waals surface area contributed by atoms with E-state index in [4.69, 9.17) is 0 Å². The molecule has 1 aliphatic rings. The lowest BCUT2D eigenvalue weighted by atomic mass is 9.90. The average molecular weight is 344 g/mol. The molecule has 2 atom stereocenters. The first kappa shape index (κ1) is 19.3. The first-order valence-electron chi connectivity index (χ1n) is 7.81. The Labute approximate surface area is 145 Å². The van der Waals surface area contributed by atoms with Crippen molar-refractivity contribution in [1.29, 1.82) is 0 Å². The Kier molecular flexibility index (Phi) is 7.70. The van der Waals surface area contributed by atoms with Crippen molar-refractivity contribution in [3.05, 3.63) is 36.0 Å². The van der Waals surface area contributed by atoms with E-state index in [-0.39, 0.29) is 24.8 Å². The van der Waals surface area contributed by atoms with E-state index in [9.17, 15) is 0 Å². The van der Waals surface area contributed by atoms with Crippen LogP contribution < -0.4 is 5.32 Å². The SMILES string of the molecule is CCC(C)[C@@H](c1ccc2cc[nH]c2c1)N1CCNCC1.Cl.Cl. The van der Waals surface area contributed by atoms with Crippen molar-refractivity contribution in [2.24, 2.45) is 5.92 Å². The van der Waals surface area contributed by atoms with E-state index in [1.165, 1.54) is 22.9 Å². The summed E-state index contributed by atoms with van der Waals surface area (Å²) in [6.45, 7) is 9.20. The highest BCUT2D eigenvalue weighted by atomic mass is 35.5. The van der Waals surface area contributed by atoms with E-state index in [1.54, 1.807) is 0 Å². The lowest BCUT2D eigenvalue weighted by molar-refractivity contribution is 0.128. The van der Waals surface area contributed by atoms with E-state index in [0.717, 1.165) is 26.2 Å². The molecule has 3 nitrogen and oxygen atoms in total. The zero-order chi connectivity index (χ0) is 13.9. The number of aromatic amines is 1. The van der Waals surface area contributed by atoms with Gasteiger partial charge in [-0.05, 0) is 29.0 Å². The van der Waals surface area contributed by atoms with Gasteiger partial charge in [0.1, 0.15) is 0 Å². The molecule has 2 aromatic rings. The smallest absolute Gasteiger partial charge is 0.0457 e. The van der Waals surface area contributed by atoms with Gasteiger partial charge in [-0.1, -0.05) is 32.4 Å². The summed E-state index contributed by atoms with van der Waals surface area (Å²) in [5.74, 6) is 0.681. The maximum Gasteiger partial charge on any atom is 0.0457 e. The highest BCUT2D eigenvalue weighted by molar-refractivity contribution is 5.85. The number of fused-ring (bicyclic) bond motifs is 1. The van der Waals surface area contributed by atoms with Crippen LogP contribution in [0, 0.1) is 5.92 Å². The molecule has 0 amide bonds. The zero-order valence-corrected chi connectivity index (χ0v) is 15.0. The Morgan fingerprint density at radius 2 is 1.86 bits per heavy atom. The summed E-state index contributed by atoms with van der Waals surface area (Å²) < 4.78 is 0. The van der Waals surface area contributed by atoms with Crippen LogP contribution in [0.4, 0.5) is 0 Å². The van der Waals surface area contributed by atoms with E-state index in [2.05, 4.69) is 53.3 Å². The standard InChI is InChI=1S/C17H25N3.2ClH/c1-3-13(2)17(20-10-8-18-9-11-20)15-5-4-14-6-7-19-16(14)12-15;;/h4-7,12-13,17-19H,3,8-11H2,1-2H3;2*1H/t13?,17-;;/m0../s1. The van der Waals surface area contributed by atoms with Crippen molar-refractivity contribution in [2.45, 2.75) is 26.3 Å². The molecule has 1 fully saturated rings. The van der Waals surface area contributed by atoms with Crippen LogP contribution in [-0.4, -0.2) is 36.1 Å². The molecule has 1 aromatic heterocycles. The number of halogens is 2. The first-order valence-corrected chi connectivity index (χ1v) is 7.81. The highest BCUT2D eigenvalue weighted by Crippen LogP contribution is 2.32. The fraction of sp³-hybridized carbons (Fsp3) is 0.529. The van der Waals surface area contributed by atoms with Gasteiger partial charge in [0.2, 0.25) is 0 Å². The largest absolute Gasteiger partial charge is 0.361 e. The minimum absolute atomic E-state index is 0. The monoisotopic (exact) mass is 343 g/mol. The molecule has 2 N–H and O–H groups in total. The van der Waals surface area contributed by atoms with Gasteiger partial charge in [0, 0.05) is 43.9 Å². The predicted molar refractivity (Wildman–Crippen MR) is 99.4 cm³/mol. The Hall–Kier alpha value is -0.740. The Bertz CT molecular complexity index is 564. The summed E-state index contributed by atoms with van der Waals surface area (Å²) >= 11 is 0. The minimum atomic E-state index is 0. The van der Waals surface area contributed by atoms with Gasteiger partial charge in [-0.25, -0.2) is 0 Å². The van der Waals surface area contributed by atoms with Crippen LogP contribution >= 0.6 is 24.8 Å². The van der Waals surface area contributed by atoms with Crippen molar-refractivity contribution in [2.75, 3.05) is 26.2 Å². The second kappa shape index (κ2) is 8.78. The van der Waals surface area contributed by atoms with Crippen molar-refractivity contribution < 1.29 is 0 Å². The Balaban J connectivity index is 0.00000121. The van der Waals surface area contributed by atoms with Crippen molar-refractivity contribution >= 4 is 35.7 Å². The highest BCUT2D eigenvalue weighted by Gasteiger charge is 2.26. The van der Waals surface area contributed by atoms with Gasteiger partial charge in [-0.15, -0.1) is 24.8 Å². The number of hydrogen-bond donors (Lipinski definition) is 2. The molecule has 1 aliphatic heterocycles. The Morgan fingerprint density at radius 3 is 2.55 bits per heavy atom. The van der Waals surface area contributed by atoms with Gasteiger partial charge in [0.05, 0.1) is 0 Å². The number of piperazine rings is 1. The molecule has 0 bridgehead atoms. The Morgan fingerprint density at radius 1 is 1.14 bits per heavy atom. The van der Waals surface area contributed by atoms with Crippen molar-refractivity contribution in [1.82, 2.24) is 15.2 Å². The number of hydrogen-bond acceptors (Lipinski definition) is 2. The molecular weight excluding hydrogens is 317 g/mol. The molecule has 0 saturated carbocycles. The molecule has 0 radical (unpaired) electrons. The van der Waals surface area contributed by atoms with Crippen LogP contribution in [-0.2, 0) is 0 Å². The molecule has 22 heavy (non-hydrogen) atoms. The van der Waals surface area contributed by atoms with Gasteiger partial charge in [-0.3, -0.25) is 4.90 Å². The van der Waals surface area contributed by atoms with Gasteiger partial charge < -0.3 is 10.3 Å². The number of benzene rings is 1. The molecule has 1 aromatic carbocycles. The van der Waals surface area contributed by atoms with E-state index < -0.39 is 0 Å². The number of nitrogens with one attached hydrogen (secondary N) is 2. The second-order valence-corrected chi connectivity index (χ2v) is 5.94. The van der Waals surface area contributed by atoms with E-state index >= 15 is 0 Å². The van der Waals surface area contributed by atoms with Gasteiger partial charge in [0.15, 0.2) is 0 Å². The van der Waals surface area contributed by atoms with E-state index in [1.807, 2.05) is 6.20 Å².